The minimum Gasteiger partial charge on any atom is -0.393 e. The highest BCUT2D eigenvalue weighted by Crippen LogP contribution is 2.38. The Morgan fingerprint density at radius 3 is 2.60 bits per heavy atom. The molecule has 2 rings (SSSR count). The molecule has 2 heterocycles. The van der Waals surface area contributed by atoms with E-state index in [1.165, 1.54) is 0 Å². The molecule has 3 atom stereocenters. The zero-order valence-corrected chi connectivity index (χ0v) is 9.40. The smallest absolute Gasteiger partial charge is 0.319 e. The Bertz CT molecular complexity index is 300. The van der Waals surface area contributed by atoms with E-state index in [1.54, 1.807) is 0 Å². The third kappa shape index (κ3) is 1.47. The normalized spacial score (nSPS) is 36.1. The molecule has 2 aliphatic rings. The van der Waals surface area contributed by atoms with Crippen LogP contribution < -0.4 is 0 Å². The lowest BCUT2D eigenvalue weighted by molar-refractivity contribution is -0.155. The molecule has 84 valence electrons. The van der Waals surface area contributed by atoms with Gasteiger partial charge in [-0.15, -0.1) is 0 Å². The number of ether oxygens (including phenoxy) is 1. The predicted molar refractivity (Wildman–Crippen MR) is 54.0 cm³/mol. The van der Waals surface area contributed by atoms with Gasteiger partial charge in [-0.05, 0) is 20.3 Å². The molecule has 4 nitrogen and oxygen atoms in total. The van der Waals surface area contributed by atoms with E-state index in [0.717, 1.165) is 6.42 Å². The molecule has 4 heteroatoms. The van der Waals surface area contributed by atoms with Gasteiger partial charge in [0.05, 0.1) is 11.8 Å². The first kappa shape index (κ1) is 10.6. The van der Waals surface area contributed by atoms with Crippen molar-refractivity contribution in [3.63, 3.8) is 0 Å². The fourth-order valence-electron chi connectivity index (χ4n) is 2.82. The average Bonchev–Trinajstić information content (AvgIpc) is 2.66. The zero-order valence-electron chi connectivity index (χ0n) is 9.40. The Labute approximate surface area is 89.6 Å². The van der Waals surface area contributed by atoms with Crippen LogP contribution in [-0.4, -0.2) is 35.5 Å². The third-order valence-corrected chi connectivity index (χ3v) is 3.54. The quantitative estimate of drug-likeness (QED) is 0.501. The van der Waals surface area contributed by atoms with Gasteiger partial charge >= 0.3 is 11.9 Å². The van der Waals surface area contributed by atoms with Gasteiger partial charge in [0.15, 0.2) is 0 Å². The second kappa shape index (κ2) is 3.59. The van der Waals surface area contributed by atoms with Crippen LogP contribution in [0.25, 0.3) is 0 Å². The van der Waals surface area contributed by atoms with Gasteiger partial charge in [-0.3, -0.25) is 14.5 Å². The Hall–Kier alpha value is -0.900. The maximum atomic E-state index is 11.5. The van der Waals surface area contributed by atoms with E-state index in [0.29, 0.717) is 12.6 Å². The largest absolute Gasteiger partial charge is 0.393 e. The van der Waals surface area contributed by atoms with Gasteiger partial charge in [0, 0.05) is 18.6 Å². The highest BCUT2D eigenvalue weighted by atomic mass is 16.6. The van der Waals surface area contributed by atoms with E-state index >= 15 is 0 Å². The van der Waals surface area contributed by atoms with Crippen LogP contribution in [0.2, 0.25) is 0 Å². The van der Waals surface area contributed by atoms with Crippen LogP contribution in [0.5, 0.6) is 0 Å². The molecule has 0 aromatic rings. The zero-order chi connectivity index (χ0) is 11.2. The van der Waals surface area contributed by atoms with Crippen molar-refractivity contribution < 1.29 is 14.3 Å². The van der Waals surface area contributed by atoms with Crippen molar-refractivity contribution in [3.8, 4) is 0 Å². The number of rotatable bonds is 2. The molecule has 3 unspecified atom stereocenters. The monoisotopic (exact) mass is 211 g/mol. The maximum Gasteiger partial charge on any atom is 0.319 e. The van der Waals surface area contributed by atoms with Crippen LogP contribution in [0.1, 0.15) is 27.2 Å². The van der Waals surface area contributed by atoms with Gasteiger partial charge in [0.25, 0.3) is 0 Å². The van der Waals surface area contributed by atoms with Gasteiger partial charge in [-0.1, -0.05) is 6.92 Å². The second-order valence-corrected chi connectivity index (χ2v) is 4.64. The van der Waals surface area contributed by atoms with E-state index < -0.39 is 0 Å². The molecule has 0 spiro atoms. The van der Waals surface area contributed by atoms with Crippen molar-refractivity contribution in [2.24, 2.45) is 11.8 Å². The number of likely N-dealkylation sites (tertiary alicyclic amines) is 1. The van der Waals surface area contributed by atoms with Gasteiger partial charge in [0.1, 0.15) is 0 Å². The molecule has 0 aliphatic carbocycles. The SMILES string of the molecule is CCC1C2C(=O)OC(=O)C2CN1C(C)C. The molecule has 0 aromatic heterocycles. The summed E-state index contributed by atoms with van der Waals surface area (Å²) in [7, 11) is 0. The van der Waals surface area contributed by atoms with Gasteiger partial charge in [-0.2, -0.15) is 0 Å². The summed E-state index contributed by atoms with van der Waals surface area (Å²) >= 11 is 0. The summed E-state index contributed by atoms with van der Waals surface area (Å²) in [5.74, 6) is -1.08. The lowest BCUT2D eigenvalue weighted by Gasteiger charge is -2.29. The number of hydrogen-bond donors (Lipinski definition) is 0. The predicted octanol–water partition coefficient (Wildman–Crippen LogP) is 0.805. The summed E-state index contributed by atoms with van der Waals surface area (Å²) in [5, 5.41) is 0. The molecular weight excluding hydrogens is 194 g/mol. The van der Waals surface area contributed by atoms with E-state index in [1.807, 2.05) is 0 Å². The Balaban J connectivity index is 2.25. The van der Waals surface area contributed by atoms with E-state index in [2.05, 4.69) is 30.4 Å². The summed E-state index contributed by atoms with van der Waals surface area (Å²) < 4.78 is 4.68. The summed E-state index contributed by atoms with van der Waals surface area (Å²) in [6.45, 7) is 6.92. The fraction of sp³-hybridized carbons (Fsp3) is 0.818. The molecule has 0 saturated carbocycles. The summed E-state index contributed by atoms with van der Waals surface area (Å²) in [5.41, 5.74) is 0. The highest BCUT2D eigenvalue weighted by molar-refractivity contribution is 5.97. The number of hydrogen-bond acceptors (Lipinski definition) is 4. The summed E-state index contributed by atoms with van der Waals surface area (Å²) in [4.78, 5) is 25.2. The first-order valence-electron chi connectivity index (χ1n) is 5.57. The Kier molecular flexibility index (Phi) is 2.54. The molecule has 2 aliphatic heterocycles. The Morgan fingerprint density at radius 1 is 1.40 bits per heavy atom. The first-order valence-corrected chi connectivity index (χ1v) is 5.57. The van der Waals surface area contributed by atoms with Crippen molar-refractivity contribution in [2.45, 2.75) is 39.3 Å². The fourth-order valence-corrected chi connectivity index (χ4v) is 2.82. The lowest BCUT2D eigenvalue weighted by Crippen LogP contribution is -2.39. The molecule has 0 radical (unpaired) electrons. The molecule has 0 amide bonds. The standard InChI is InChI=1S/C11H17NO3/c1-4-8-9-7(5-12(8)6(2)3)10(13)15-11(9)14/h6-9H,4-5H2,1-3H3. The topological polar surface area (TPSA) is 46.6 Å². The average molecular weight is 211 g/mol. The molecule has 0 bridgehead atoms. The van der Waals surface area contributed by atoms with Crippen molar-refractivity contribution in [1.82, 2.24) is 4.90 Å². The number of carbonyl (C=O) groups excluding carboxylic acids is 2. The molecular formula is C11H17NO3. The number of fused-ring (bicyclic) bond motifs is 1. The van der Waals surface area contributed by atoms with Crippen LogP contribution in [0.3, 0.4) is 0 Å². The van der Waals surface area contributed by atoms with Gasteiger partial charge < -0.3 is 4.74 Å². The lowest BCUT2D eigenvalue weighted by atomic mass is 9.92. The van der Waals surface area contributed by atoms with Crippen LogP contribution in [0.15, 0.2) is 0 Å². The third-order valence-electron chi connectivity index (χ3n) is 3.54. The van der Waals surface area contributed by atoms with Gasteiger partial charge in [-0.25, -0.2) is 0 Å². The van der Waals surface area contributed by atoms with Crippen LogP contribution >= 0.6 is 0 Å². The number of cyclic esters (lactones) is 2. The van der Waals surface area contributed by atoms with Gasteiger partial charge in [0.2, 0.25) is 0 Å². The van der Waals surface area contributed by atoms with Crippen LogP contribution in [0.4, 0.5) is 0 Å². The highest BCUT2D eigenvalue weighted by Gasteiger charge is 2.55. The van der Waals surface area contributed by atoms with Crippen molar-refractivity contribution in [2.75, 3.05) is 6.54 Å². The summed E-state index contributed by atoms with van der Waals surface area (Å²) in [6, 6.07) is 0.551. The van der Waals surface area contributed by atoms with Crippen molar-refractivity contribution in [3.05, 3.63) is 0 Å². The second-order valence-electron chi connectivity index (χ2n) is 4.64. The van der Waals surface area contributed by atoms with E-state index in [-0.39, 0.29) is 29.8 Å². The van der Waals surface area contributed by atoms with E-state index in [9.17, 15) is 9.59 Å². The molecule has 0 aromatic carbocycles. The molecule has 15 heavy (non-hydrogen) atoms. The number of nitrogens with zero attached hydrogens (tertiary/aromatic N) is 1. The number of esters is 2. The van der Waals surface area contributed by atoms with E-state index in [4.69, 9.17) is 0 Å². The maximum absolute atomic E-state index is 11.5. The van der Waals surface area contributed by atoms with Crippen LogP contribution in [0, 0.1) is 11.8 Å². The van der Waals surface area contributed by atoms with Crippen molar-refractivity contribution >= 4 is 11.9 Å². The molecule has 2 fully saturated rings. The first-order chi connectivity index (χ1) is 7.06. The molecule has 0 N–H and O–H groups in total. The Morgan fingerprint density at radius 2 is 2.07 bits per heavy atom. The number of carbonyl (C=O) groups is 2. The minimum absolute atomic E-state index is 0.175. The van der Waals surface area contributed by atoms with Crippen molar-refractivity contribution in [1.29, 1.82) is 0 Å². The minimum atomic E-state index is -0.327. The van der Waals surface area contributed by atoms with Crippen LogP contribution in [-0.2, 0) is 14.3 Å². The molecule has 2 saturated heterocycles. The summed E-state index contributed by atoms with van der Waals surface area (Å²) in [6.07, 6.45) is 0.891.